The second kappa shape index (κ2) is 5.90. The highest BCUT2D eigenvalue weighted by Crippen LogP contribution is 2.23. The number of rotatable bonds is 2. The van der Waals surface area contributed by atoms with Crippen molar-refractivity contribution < 1.29 is 14.7 Å². The summed E-state index contributed by atoms with van der Waals surface area (Å²) in [4.78, 5) is 24.9. The van der Waals surface area contributed by atoms with Crippen molar-refractivity contribution in [1.82, 2.24) is 10.2 Å². The van der Waals surface area contributed by atoms with Gasteiger partial charge in [-0.05, 0) is 18.2 Å². The van der Waals surface area contributed by atoms with Crippen LogP contribution in [0.25, 0.3) is 0 Å². The maximum Gasteiger partial charge on any atom is 0.327 e. The van der Waals surface area contributed by atoms with Crippen LogP contribution in [-0.4, -0.2) is 47.6 Å². The number of piperazine rings is 1. The fourth-order valence-corrected chi connectivity index (χ4v) is 2.74. The van der Waals surface area contributed by atoms with Gasteiger partial charge in [-0.3, -0.25) is 4.79 Å². The molecule has 2 rings (SSSR count). The van der Waals surface area contributed by atoms with Crippen LogP contribution in [0.2, 0.25) is 5.02 Å². The van der Waals surface area contributed by atoms with E-state index in [4.69, 9.17) is 16.7 Å². The standard InChI is InChI=1S/C12H12BrClN2O3/c13-7-1-2-8(9(14)5-7)11(17)16-4-3-15-6-10(16)12(18)19/h1-2,5,10,15H,3-4,6H2,(H,18,19). The second-order valence-corrected chi connectivity index (χ2v) is 5.50. The maximum absolute atomic E-state index is 12.4. The fourth-order valence-electron chi connectivity index (χ4n) is 1.99. The molecule has 1 saturated heterocycles. The lowest BCUT2D eigenvalue weighted by Crippen LogP contribution is -2.57. The number of halogens is 2. The Hall–Kier alpha value is -1.11. The van der Waals surface area contributed by atoms with Crippen molar-refractivity contribution in [3.05, 3.63) is 33.3 Å². The van der Waals surface area contributed by atoms with Crippen LogP contribution in [0, 0.1) is 0 Å². The van der Waals surface area contributed by atoms with Crippen LogP contribution in [-0.2, 0) is 4.79 Å². The average molecular weight is 348 g/mol. The van der Waals surface area contributed by atoms with Crippen molar-refractivity contribution >= 4 is 39.4 Å². The Morgan fingerprint density at radius 1 is 1.47 bits per heavy atom. The molecule has 1 aromatic rings. The van der Waals surface area contributed by atoms with Crippen LogP contribution in [0.15, 0.2) is 22.7 Å². The molecule has 7 heteroatoms. The summed E-state index contributed by atoms with van der Waals surface area (Å²) < 4.78 is 0.768. The van der Waals surface area contributed by atoms with Crippen molar-refractivity contribution in [2.45, 2.75) is 6.04 Å². The lowest BCUT2D eigenvalue weighted by atomic mass is 10.1. The highest BCUT2D eigenvalue weighted by Gasteiger charge is 2.33. The van der Waals surface area contributed by atoms with E-state index < -0.39 is 12.0 Å². The smallest absolute Gasteiger partial charge is 0.327 e. The van der Waals surface area contributed by atoms with Gasteiger partial charge in [0, 0.05) is 24.1 Å². The monoisotopic (exact) mass is 346 g/mol. The molecule has 0 spiro atoms. The first-order chi connectivity index (χ1) is 9.00. The number of aliphatic carboxylic acids is 1. The molecule has 1 aliphatic rings. The van der Waals surface area contributed by atoms with Gasteiger partial charge in [0.1, 0.15) is 6.04 Å². The number of carbonyl (C=O) groups excluding carboxylic acids is 1. The molecule has 0 aliphatic carbocycles. The van der Waals surface area contributed by atoms with Gasteiger partial charge in [0.2, 0.25) is 0 Å². The van der Waals surface area contributed by atoms with Crippen LogP contribution < -0.4 is 5.32 Å². The van der Waals surface area contributed by atoms with E-state index in [0.29, 0.717) is 23.7 Å². The lowest BCUT2D eigenvalue weighted by Gasteiger charge is -2.33. The van der Waals surface area contributed by atoms with E-state index in [9.17, 15) is 9.59 Å². The number of hydrogen-bond donors (Lipinski definition) is 2. The number of nitrogens with one attached hydrogen (secondary N) is 1. The first kappa shape index (κ1) is 14.3. The third kappa shape index (κ3) is 3.08. The average Bonchev–Trinajstić information content (AvgIpc) is 2.38. The molecule has 1 heterocycles. The summed E-state index contributed by atoms with van der Waals surface area (Å²) >= 11 is 9.29. The number of carbonyl (C=O) groups is 2. The predicted octanol–water partition coefficient (Wildman–Crippen LogP) is 1.60. The molecule has 5 nitrogen and oxygen atoms in total. The van der Waals surface area contributed by atoms with Crippen molar-refractivity contribution in [3.8, 4) is 0 Å². The Bertz CT molecular complexity index is 524. The summed E-state index contributed by atoms with van der Waals surface area (Å²) in [6.45, 7) is 1.17. The van der Waals surface area contributed by atoms with E-state index in [-0.39, 0.29) is 12.5 Å². The van der Waals surface area contributed by atoms with E-state index in [1.54, 1.807) is 18.2 Å². The van der Waals surface area contributed by atoms with E-state index in [2.05, 4.69) is 21.2 Å². The van der Waals surface area contributed by atoms with Gasteiger partial charge in [-0.2, -0.15) is 0 Å². The van der Waals surface area contributed by atoms with E-state index >= 15 is 0 Å². The van der Waals surface area contributed by atoms with Crippen molar-refractivity contribution in [1.29, 1.82) is 0 Å². The number of carboxylic acids is 1. The Balaban J connectivity index is 2.28. The minimum Gasteiger partial charge on any atom is -0.480 e. The SMILES string of the molecule is O=C(O)C1CNCCN1C(=O)c1ccc(Br)cc1Cl. The van der Waals surface area contributed by atoms with Gasteiger partial charge < -0.3 is 15.3 Å². The highest BCUT2D eigenvalue weighted by atomic mass is 79.9. The molecule has 1 fully saturated rings. The third-order valence-corrected chi connectivity index (χ3v) is 3.76. The van der Waals surface area contributed by atoms with Crippen LogP contribution >= 0.6 is 27.5 Å². The van der Waals surface area contributed by atoms with Crippen LogP contribution in [0.3, 0.4) is 0 Å². The summed E-state index contributed by atoms with van der Waals surface area (Å²) in [6, 6.07) is 4.06. The zero-order valence-electron chi connectivity index (χ0n) is 9.90. The van der Waals surface area contributed by atoms with Gasteiger partial charge in [0.05, 0.1) is 10.6 Å². The van der Waals surface area contributed by atoms with Gasteiger partial charge >= 0.3 is 5.97 Å². The summed E-state index contributed by atoms with van der Waals surface area (Å²) in [6.07, 6.45) is 0. The van der Waals surface area contributed by atoms with Crippen LogP contribution in [0.4, 0.5) is 0 Å². The molecule has 1 amide bonds. The largest absolute Gasteiger partial charge is 0.480 e. The topological polar surface area (TPSA) is 69.6 Å². The second-order valence-electron chi connectivity index (χ2n) is 4.18. The molecule has 0 aromatic heterocycles. The molecule has 0 bridgehead atoms. The van der Waals surface area contributed by atoms with E-state index in [1.165, 1.54) is 4.90 Å². The van der Waals surface area contributed by atoms with Gasteiger partial charge in [-0.15, -0.1) is 0 Å². The molecule has 0 saturated carbocycles. The molecule has 1 atom stereocenters. The molecule has 19 heavy (non-hydrogen) atoms. The summed E-state index contributed by atoms with van der Waals surface area (Å²) in [5.41, 5.74) is 0.318. The van der Waals surface area contributed by atoms with Gasteiger partial charge in [-0.25, -0.2) is 4.79 Å². The number of amides is 1. The molecule has 1 aliphatic heterocycles. The summed E-state index contributed by atoms with van der Waals surface area (Å²) in [5, 5.41) is 12.4. The van der Waals surface area contributed by atoms with Gasteiger partial charge in [-0.1, -0.05) is 27.5 Å². The fraction of sp³-hybridized carbons (Fsp3) is 0.333. The molecule has 1 aromatic carbocycles. The van der Waals surface area contributed by atoms with Crippen LogP contribution in [0.5, 0.6) is 0 Å². The predicted molar refractivity (Wildman–Crippen MR) is 74.5 cm³/mol. The molecular weight excluding hydrogens is 336 g/mol. The molecule has 0 radical (unpaired) electrons. The van der Waals surface area contributed by atoms with Crippen molar-refractivity contribution in [3.63, 3.8) is 0 Å². The number of benzene rings is 1. The van der Waals surface area contributed by atoms with Gasteiger partial charge in [0.15, 0.2) is 0 Å². The maximum atomic E-state index is 12.4. The molecule has 2 N–H and O–H groups in total. The Labute approximate surface area is 123 Å². The zero-order valence-corrected chi connectivity index (χ0v) is 12.2. The minimum absolute atomic E-state index is 0.245. The quantitative estimate of drug-likeness (QED) is 0.852. The Morgan fingerprint density at radius 3 is 2.84 bits per heavy atom. The van der Waals surface area contributed by atoms with Gasteiger partial charge in [0.25, 0.3) is 5.91 Å². The van der Waals surface area contributed by atoms with E-state index in [1.807, 2.05) is 0 Å². The molecular formula is C12H12BrClN2O3. The number of nitrogens with zero attached hydrogens (tertiary/aromatic N) is 1. The Kier molecular flexibility index (Phi) is 4.44. The normalized spacial score (nSPS) is 19.3. The van der Waals surface area contributed by atoms with Crippen molar-refractivity contribution in [2.75, 3.05) is 19.6 Å². The summed E-state index contributed by atoms with van der Waals surface area (Å²) in [7, 11) is 0. The Morgan fingerprint density at radius 2 is 2.21 bits per heavy atom. The molecule has 102 valence electrons. The molecule has 1 unspecified atom stereocenters. The lowest BCUT2D eigenvalue weighted by molar-refractivity contribution is -0.142. The van der Waals surface area contributed by atoms with E-state index in [0.717, 1.165) is 4.47 Å². The highest BCUT2D eigenvalue weighted by molar-refractivity contribution is 9.10. The first-order valence-corrected chi connectivity index (χ1v) is 6.87. The minimum atomic E-state index is -1.02. The number of carboxylic acid groups (broad SMARTS) is 1. The first-order valence-electron chi connectivity index (χ1n) is 5.70. The number of hydrogen-bond acceptors (Lipinski definition) is 3. The zero-order chi connectivity index (χ0) is 14.0. The van der Waals surface area contributed by atoms with Crippen LogP contribution in [0.1, 0.15) is 10.4 Å². The van der Waals surface area contributed by atoms with Crippen molar-refractivity contribution in [2.24, 2.45) is 0 Å². The summed E-state index contributed by atoms with van der Waals surface area (Å²) in [5.74, 6) is -1.37. The third-order valence-electron chi connectivity index (χ3n) is 2.95.